The number of benzene rings is 5. The molecule has 214 valence electrons. The number of ether oxygens (including phenoxy) is 1. The lowest BCUT2D eigenvalue weighted by atomic mass is 9.95. The highest BCUT2D eigenvalue weighted by Crippen LogP contribution is 2.57. The Labute approximate surface area is 268 Å². The molecular formula is C37H26BrN3O2S. The normalized spacial score (nSPS) is 21.3. The van der Waals surface area contributed by atoms with Crippen LogP contribution in [0.2, 0.25) is 0 Å². The molecule has 3 aliphatic heterocycles. The number of hydrogen-bond acceptors (Lipinski definition) is 5. The SMILES string of the molecule is O=C1S/C(=C\c2ccc(-c3ccccc3)cc2)C2(Oc3ccc(Br)cc3C3CC(c4ccccc4)=NN32)N1c1ccccc1. The number of hydrazone groups is 1. The lowest BCUT2D eigenvalue weighted by molar-refractivity contribution is -0.0763. The fourth-order valence-corrected chi connectivity index (χ4v) is 7.64. The van der Waals surface area contributed by atoms with Gasteiger partial charge in [0.2, 0.25) is 0 Å². The minimum atomic E-state index is -1.32. The number of anilines is 1. The molecule has 1 fully saturated rings. The quantitative estimate of drug-likeness (QED) is 0.193. The standard InChI is InChI=1S/C37H26BrN3O2S/c38-29-20-21-34-31(23-29)33-24-32(28-12-6-2-7-13-28)39-41(33)37(43-34)35(44-36(42)40(37)30-14-8-3-9-15-30)22-25-16-18-27(19-17-25)26-10-4-1-5-11-26/h1-23,33H,24H2/b35-22-. The fourth-order valence-electron chi connectivity index (χ4n) is 6.20. The predicted octanol–water partition coefficient (Wildman–Crippen LogP) is 9.73. The molecule has 0 radical (unpaired) electrons. The highest BCUT2D eigenvalue weighted by Gasteiger charge is 2.63. The molecule has 1 spiro atoms. The molecule has 8 rings (SSSR count). The molecular weight excluding hydrogens is 630 g/mol. The molecule has 1 saturated heterocycles. The topological polar surface area (TPSA) is 45.1 Å². The summed E-state index contributed by atoms with van der Waals surface area (Å²) < 4.78 is 8.03. The number of para-hydroxylation sites is 1. The first kappa shape index (κ1) is 27.0. The van der Waals surface area contributed by atoms with E-state index in [1.54, 1.807) is 4.90 Å². The molecule has 1 amide bonds. The average molecular weight is 657 g/mol. The lowest BCUT2D eigenvalue weighted by Gasteiger charge is -2.49. The third-order valence-electron chi connectivity index (χ3n) is 8.24. The van der Waals surface area contributed by atoms with Gasteiger partial charge in [-0.1, -0.05) is 119 Å². The second-order valence-electron chi connectivity index (χ2n) is 10.9. The van der Waals surface area contributed by atoms with E-state index in [1.165, 1.54) is 11.8 Å². The molecule has 5 nitrogen and oxygen atoms in total. The van der Waals surface area contributed by atoms with Crippen molar-refractivity contribution in [3.63, 3.8) is 0 Å². The van der Waals surface area contributed by atoms with Crippen LogP contribution in [0.1, 0.15) is 29.2 Å². The van der Waals surface area contributed by atoms with Gasteiger partial charge in [-0.25, -0.2) is 9.91 Å². The first-order valence-corrected chi connectivity index (χ1v) is 16.1. The van der Waals surface area contributed by atoms with E-state index in [-0.39, 0.29) is 11.3 Å². The predicted molar refractivity (Wildman–Crippen MR) is 181 cm³/mol. The Balaban J connectivity index is 1.32. The number of nitrogens with zero attached hydrogens (tertiary/aromatic N) is 3. The summed E-state index contributed by atoms with van der Waals surface area (Å²) in [6.07, 6.45) is 2.75. The third-order valence-corrected chi connectivity index (χ3v) is 9.70. The average Bonchev–Trinajstić information content (AvgIpc) is 3.64. The fraction of sp³-hybridized carbons (Fsp3) is 0.0811. The zero-order valence-corrected chi connectivity index (χ0v) is 25.9. The van der Waals surface area contributed by atoms with E-state index in [0.29, 0.717) is 6.42 Å². The molecule has 0 N–H and O–H groups in total. The molecule has 3 heterocycles. The van der Waals surface area contributed by atoms with Crippen LogP contribution in [-0.4, -0.2) is 21.8 Å². The molecule has 7 heteroatoms. The Morgan fingerprint density at radius 1 is 0.795 bits per heavy atom. The maximum absolute atomic E-state index is 14.1. The van der Waals surface area contributed by atoms with Crippen LogP contribution in [0.25, 0.3) is 17.2 Å². The summed E-state index contributed by atoms with van der Waals surface area (Å²) in [5.74, 6) is -0.580. The summed E-state index contributed by atoms with van der Waals surface area (Å²) in [4.78, 5) is 16.6. The molecule has 5 aromatic carbocycles. The van der Waals surface area contributed by atoms with Crippen LogP contribution < -0.4 is 9.64 Å². The number of carbonyl (C=O) groups is 1. The summed E-state index contributed by atoms with van der Waals surface area (Å²) >= 11 is 4.86. The highest BCUT2D eigenvalue weighted by atomic mass is 79.9. The van der Waals surface area contributed by atoms with Gasteiger partial charge < -0.3 is 4.74 Å². The van der Waals surface area contributed by atoms with Gasteiger partial charge in [-0.15, -0.1) is 0 Å². The molecule has 0 saturated carbocycles. The summed E-state index contributed by atoms with van der Waals surface area (Å²) in [5.41, 5.74) is 7.05. The largest absolute Gasteiger partial charge is 0.443 e. The van der Waals surface area contributed by atoms with Crippen LogP contribution in [-0.2, 0) is 0 Å². The van der Waals surface area contributed by atoms with Crippen molar-refractivity contribution in [2.75, 3.05) is 4.90 Å². The van der Waals surface area contributed by atoms with Gasteiger partial charge in [0.05, 0.1) is 22.3 Å². The van der Waals surface area contributed by atoms with Crippen LogP contribution in [0, 0.1) is 0 Å². The number of fused-ring (bicyclic) bond motifs is 4. The van der Waals surface area contributed by atoms with Crippen molar-refractivity contribution < 1.29 is 9.53 Å². The molecule has 0 bridgehead atoms. The summed E-state index contributed by atoms with van der Waals surface area (Å²) in [6, 6.07) is 44.6. The van der Waals surface area contributed by atoms with Crippen LogP contribution in [0.5, 0.6) is 5.75 Å². The molecule has 0 aliphatic carbocycles. The number of amides is 1. The van der Waals surface area contributed by atoms with Crippen molar-refractivity contribution in [3.8, 4) is 16.9 Å². The zero-order chi connectivity index (χ0) is 29.7. The monoisotopic (exact) mass is 655 g/mol. The Hall–Kier alpha value is -4.59. The Bertz CT molecular complexity index is 1930. The van der Waals surface area contributed by atoms with Gasteiger partial charge in [0.15, 0.2) is 0 Å². The minimum absolute atomic E-state index is 0.119. The summed E-state index contributed by atoms with van der Waals surface area (Å²) in [5, 5.41) is 7.16. The van der Waals surface area contributed by atoms with Crippen LogP contribution in [0.4, 0.5) is 10.5 Å². The third kappa shape index (κ3) is 4.46. The molecule has 5 aromatic rings. The van der Waals surface area contributed by atoms with Crippen molar-refractivity contribution in [1.29, 1.82) is 0 Å². The maximum Gasteiger partial charge on any atom is 0.321 e. The number of carbonyl (C=O) groups excluding carboxylic acids is 1. The van der Waals surface area contributed by atoms with Gasteiger partial charge in [0.25, 0.3) is 5.24 Å². The van der Waals surface area contributed by atoms with Crippen LogP contribution in [0.15, 0.2) is 148 Å². The van der Waals surface area contributed by atoms with Gasteiger partial charge in [0.1, 0.15) is 5.75 Å². The zero-order valence-electron chi connectivity index (χ0n) is 23.5. The first-order valence-electron chi connectivity index (χ1n) is 14.5. The number of rotatable bonds is 4. The van der Waals surface area contributed by atoms with Crippen molar-refractivity contribution in [2.24, 2.45) is 5.10 Å². The van der Waals surface area contributed by atoms with Gasteiger partial charge in [-0.2, -0.15) is 5.10 Å². The second-order valence-corrected chi connectivity index (χ2v) is 12.8. The Kier molecular flexibility index (Phi) is 6.65. The smallest absolute Gasteiger partial charge is 0.321 e. The van der Waals surface area contributed by atoms with Crippen molar-refractivity contribution in [2.45, 2.75) is 18.3 Å². The van der Waals surface area contributed by atoms with Crippen molar-refractivity contribution in [3.05, 3.63) is 160 Å². The van der Waals surface area contributed by atoms with Gasteiger partial charge in [-0.3, -0.25) is 4.79 Å². The molecule has 3 aliphatic rings. The van der Waals surface area contributed by atoms with E-state index in [9.17, 15) is 4.79 Å². The number of thioether (sulfide) groups is 1. The lowest BCUT2D eigenvalue weighted by Crippen LogP contribution is -2.63. The van der Waals surface area contributed by atoms with E-state index in [0.717, 1.165) is 54.3 Å². The van der Waals surface area contributed by atoms with Gasteiger partial charge in [0, 0.05) is 16.5 Å². The van der Waals surface area contributed by atoms with E-state index in [4.69, 9.17) is 9.84 Å². The Morgan fingerprint density at radius 3 is 2.14 bits per heavy atom. The Morgan fingerprint density at radius 2 is 1.43 bits per heavy atom. The van der Waals surface area contributed by atoms with Crippen LogP contribution in [0.3, 0.4) is 0 Å². The van der Waals surface area contributed by atoms with E-state index >= 15 is 0 Å². The van der Waals surface area contributed by atoms with Gasteiger partial charge >= 0.3 is 5.85 Å². The molecule has 44 heavy (non-hydrogen) atoms. The van der Waals surface area contributed by atoms with Crippen LogP contribution >= 0.6 is 27.7 Å². The van der Waals surface area contributed by atoms with Crippen molar-refractivity contribution in [1.82, 2.24) is 5.01 Å². The van der Waals surface area contributed by atoms with E-state index in [2.05, 4.69) is 76.6 Å². The molecule has 2 atom stereocenters. The second kappa shape index (κ2) is 10.8. The maximum atomic E-state index is 14.1. The summed E-state index contributed by atoms with van der Waals surface area (Å²) in [6.45, 7) is 0. The van der Waals surface area contributed by atoms with Crippen molar-refractivity contribution >= 4 is 50.4 Å². The number of hydrogen-bond donors (Lipinski definition) is 0. The van der Waals surface area contributed by atoms with E-state index in [1.807, 2.05) is 83.9 Å². The minimum Gasteiger partial charge on any atom is -0.443 e. The number of halogens is 1. The highest BCUT2D eigenvalue weighted by molar-refractivity contribution is 9.10. The first-order chi connectivity index (χ1) is 21.6. The van der Waals surface area contributed by atoms with Gasteiger partial charge in [-0.05, 0) is 70.4 Å². The summed E-state index contributed by atoms with van der Waals surface area (Å²) in [7, 11) is 0. The molecule has 0 aromatic heterocycles. The molecule has 2 unspecified atom stereocenters. The van der Waals surface area contributed by atoms with E-state index < -0.39 is 5.85 Å².